The number of nitrogens with zero attached hydrogens (tertiary/aromatic N) is 4. The van der Waals surface area contributed by atoms with Crippen LogP contribution in [0.1, 0.15) is 41.0 Å². The highest BCUT2D eigenvalue weighted by Crippen LogP contribution is 2.30. The van der Waals surface area contributed by atoms with Gasteiger partial charge in [-0.2, -0.15) is 0 Å². The van der Waals surface area contributed by atoms with E-state index in [1.165, 1.54) is 17.2 Å². The van der Waals surface area contributed by atoms with Crippen molar-refractivity contribution in [2.75, 3.05) is 25.0 Å². The van der Waals surface area contributed by atoms with Crippen LogP contribution in [0.3, 0.4) is 0 Å². The van der Waals surface area contributed by atoms with Gasteiger partial charge in [-0.25, -0.2) is 13.8 Å². The normalized spacial score (nSPS) is 15.5. The first-order valence-corrected chi connectivity index (χ1v) is 10.4. The van der Waals surface area contributed by atoms with E-state index in [1.54, 1.807) is 31.5 Å². The summed E-state index contributed by atoms with van der Waals surface area (Å²) in [5.74, 6) is -2.71. The highest BCUT2D eigenvalue weighted by Gasteiger charge is 2.44. The zero-order valence-corrected chi connectivity index (χ0v) is 19.0. The van der Waals surface area contributed by atoms with Crippen LogP contribution >= 0.6 is 0 Å². The summed E-state index contributed by atoms with van der Waals surface area (Å²) in [6, 6.07) is 4.98. The molecule has 1 aliphatic heterocycles. The molecule has 0 bridgehead atoms. The van der Waals surface area contributed by atoms with E-state index in [2.05, 4.69) is 28.4 Å². The van der Waals surface area contributed by atoms with Gasteiger partial charge in [-0.05, 0) is 55.4 Å². The SMILES string of the molecule is C=Cc1cnc(/C(=C/C)N(C)C=C)cc1/C=C(\C)NC(=O)c1ccnc(N2CC(F)(F)C2)c1. The summed E-state index contributed by atoms with van der Waals surface area (Å²) in [6.45, 7) is 10.5. The summed E-state index contributed by atoms with van der Waals surface area (Å²) in [4.78, 5) is 24.7. The molecule has 0 aliphatic carbocycles. The zero-order chi connectivity index (χ0) is 24.2. The van der Waals surface area contributed by atoms with E-state index >= 15 is 0 Å². The van der Waals surface area contributed by atoms with E-state index in [-0.39, 0.29) is 5.91 Å². The molecule has 8 heteroatoms. The molecule has 2 aromatic heterocycles. The fourth-order valence-electron chi connectivity index (χ4n) is 3.48. The number of allylic oxidation sites excluding steroid dienone is 2. The van der Waals surface area contributed by atoms with E-state index in [9.17, 15) is 13.6 Å². The molecule has 33 heavy (non-hydrogen) atoms. The lowest BCUT2D eigenvalue weighted by molar-refractivity contribution is -0.0267. The Morgan fingerprint density at radius 3 is 2.58 bits per heavy atom. The van der Waals surface area contributed by atoms with Crippen LogP contribution in [0.2, 0.25) is 0 Å². The van der Waals surface area contributed by atoms with Gasteiger partial charge in [0.1, 0.15) is 5.82 Å². The van der Waals surface area contributed by atoms with Crippen molar-refractivity contribution < 1.29 is 13.6 Å². The lowest BCUT2D eigenvalue weighted by Gasteiger charge is -2.39. The van der Waals surface area contributed by atoms with Gasteiger partial charge >= 0.3 is 0 Å². The molecule has 1 aliphatic rings. The molecule has 1 saturated heterocycles. The molecule has 3 rings (SSSR count). The Hall–Kier alpha value is -3.81. The Morgan fingerprint density at radius 2 is 1.97 bits per heavy atom. The molecular formula is C25H27F2N5O. The number of carbonyl (C=O) groups excluding carboxylic acids is 1. The third kappa shape index (κ3) is 5.52. The maximum atomic E-state index is 13.2. The first-order valence-electron chi connectivity index (χ1n) is 10.4. The van der Waals surface area contributed by atoms with Gasteiger partial charge in [0, 0.05) is 30.7 Å². The van der Waals surface area contributed by atoms with Crippen molar-refractivity contribution in [3.8, 4) is 0 Å². The minimum atomic E-state index is -2.71. The van der Waals surface area contributed by atoms with E-state index < -0.39 is 19.0 Å². The smallest absolute Gasteiger partial charge is 0.282 e. The number of anilines is 1. The molecular weight excluding hydrogens is 424 g/mol. The minimum Gasteiger partial charge on any atom is -0.350 e. The van der Waals surface area contributed by atoms with Crippen molar-refractivity contribution in [2.24, 2.45) is 0 Å². The molecule has 0 radical (unpaired) electrons. The Bertz CT molecular complexity index is 1130. The number of pyridine rings is 2. The van der Waals surface area contributed by atoms with Crippen molar-refractivity contribution in [2.45, 2.75) is 19.8 Å². The first-order chi connectivity index (χ1) is 15.7. The van der Waals surface area contributed by atoms with Gasteiger partial charge in [0.15, 0.2) is 0 Å². The van der Waals surface area contributed by atoms with Crippen LogP contribution in [0.25, 0.3) is 17.8 Å². The number of amides is 1. The number of carbonyl (C=O) groups is 1. The number of hydrogen-bond acceptors (Lipinski definition) is 5. The first kappa shape index (κ1) is 23.8. The summed E-state index contributed by atoms with van der Waals surface area (Å²) in [6.07, 6.45) is 10.3. The molecule has 172 valence electrons. The van der Waals surface area contributed by atoms with Crippen LogP contribution in [-0.4, -0.2) is 46.8 Å². The summed E-state index contributed by atoms with van der Waals surface area (Å²) in [5.41, 5.74) is 4.23. The Morgan fingerprint density at radius 1 is 1.24 bits per heavy atom. The third-order valence-electron chi connectivity index (χ3n) is 5.24. The number of nitrogens with one attached hydrogen (secondary N) is 1. The highest BCUT2D eigenvalue weighted by molar-refractivity contribution is 5.96. The quantitative estimate of drug-likeness (QED) is 0.625. The number of hydrogen-bond donors (Lipinski definition) is 1. The van der Waals surface area contributed by atoms with Crippen LogP contribution in [0.15, 0.2) is 61.7 Å². The average Bonchev–Trinajstić information content (AvgIpc) is 2.77. The maximum absolute atomic E-state index is 13.2. The predicted octanol–water partition coefficient (Wildman–Crippen LogP) is 4.80. The topological polar surface area (TPSA) is 61.4 Å². The molecule has 0 unspecified atom stereocenters. The molecule has 1 fully saturated rings. The number of alkyl halides is 2. The summed E-state index contributed by atoms with van der Waals surface area (Å²) in [5, 5.41) is 2.84. The van der Waals surface area contributed by atoms with Crippen molar-refractivity contribution in [1.82, 2.24) is 20.2 Å². The van der Waals surface area contributed by atoms with Gasteiger partial charge < -0.3 is 15.1 Å². The summed E-state index contributed by atoms with van der Waals surface area (Å²) < 4.78 is 26.3. The second-order valence-electron chi connectivity index (χ2n) is 7.77. The van der Waals surface area contributed by atoms with Crippen LogP contribution in [-0.2, 0) is 0 Å². The van der Waals surface area contributed by atoms with Gasteiger partial charge in [0.25, 0.3) is 11.8 Å². The fourth-order valence-corrected chi connectivity index (χ4v) is 3.48. The second kappa shape index (κ2) is 9.77. The van der Waals surface area contributed by atoms with Crippen LogP contribution in [0.5, 0.6) is 0 Å². The van der Waals surface area contributed by atoms with E-state index in [4.69, 9.17) is 0 Å². The summed E-state index contributed by atoms with van der Waals surface area (Å²) >= 11 is 0. The van der Waals surface area contributed by atoms with Crippen LogP contribution in [0, 0.1) is 0 Å². The van der Waals surface area contributed by atoms with Gasteiger partial charge in [-0.1, -0.05) is 25.3 Å². The summed E-state index contributed by atoms with van der Waals surface area (Å²) in [7, 11) is 1.89. The van der Waals surface area contributed by atoms with E-state index in [1.807, 2.05) is 37.1 Å². The molecule has 1 amide bonds. The zero-order valence-electron chi connectivity index (χ0n) is 19.0. The molecule has 1 N–H and O–H groups in total. The third-order valence-corrected chi connectivity index (χ3v) is 5.24. The van der Waals surface area contributed by atoms with Crippen molar-refractivity contribution in [3.05, 3.63) is 84.1 Å². The molecule has 0 spiro atoms. The van der Waals surface area contributed by atoms with E-state index in [0.717, 1.165) is 22.5 Å². The molecule has 2 aromatic rings. The molecule has 3 heterocycles. The fraction of sp³-hybridized carbons (Fsp3) is 0.240. The van der Waals surface area contributed by atoms with Crippen molar-refractivity contribution in [3.63, 3.8) is 0 Å². The second-order valence-corrected chi connectivity index (χ2v) is 7.77. The number of rotatable bonds is 8. The number of halogens is 2. The van der Waals surface area contributed by atoms with Crippen molar-refractivity contribution in [1.29, 1.82) is 0 Å². The Balaban J connectivity index is 1.81. The Labute approximate surface area is 192 Å². The standard InChI is InChI=1S/C25H27F2N5O/c1-6-18-14-29-21(22(7-2)31(5)8-3)12-20(18)11-17(4)30-24(33)19-9-10-28-23(13-19)32-15-25(26,27)16-32/h6-14H,1,3,15-16H2,2,4-5H3,(H,30,33)/b17-11+,22-7-. The maximum Gasteiger partial charge on any atom is 0.282 e. The lowest BCUT2D eigenvalue weighted by Crippen LogP contribution is -2.56. The minimum absolute atomic E-state index is 0.339. The molecule has 6 nitrogen and oxygen atoms in total. The van der Waals surface area contributed by atoms with Crippen LogP contribution < -0.4 is 10.2 Å². The van der Waals surface area contributed by atoms with Gasteiger partial charge in [0.2, 0.25) is 0 Å². The lowest BCUT2D eigenvalue weighted by atomic mass is 10.1. The predicted molar refractivity (Wildman–Crippen MR) is 128 cm³/mol. The monoisotopic (exact) mass is 451 g/mol. The van der Waals surface area contributed by atoms with Crippen molar-refractivity contribution >= 4 is 29.6 Å². The molecule has 0 aromatic carbocycles. The Kier molecular flexibility index (Phi) is 7.06. The largest absolute Gasteiger partial charge is 0.350 e. The number of aromatic nitrogens is 2. The molecule has 0 atom stereocenters. The van der Waals surface area contributed by atoms with E-state index in [0.29, 0.717) is 17.1 Å². The highest BCUT2D eigenvalue weighted by atomic mass is 19.3. The van der Waals surface area contributed by atoms with Gasteiger partial charge in [0.05, 0.1) is 24.5 Å². The van der Waals surface area contributed by atoms with Gasteiger partial charge in [-0.3, -0.25) is 9.78 Å². The van der Waals surface area contributed by atoms with Gasteiger partial charge in [-0.15, -0.1) is 0 Å². The molecule has 0 saturated carbocycles. The van der Waals surface area contributed by atoms with Crippen LogP contribution in [0.4, 0.5) is 14.6 Å². The average molecular weight is 452 g/mol.